The number of benzene rings is 1. The zero-order chi connectivity index (χ0) is 16.0. The molecular formula is C19H19N3O+2. The summed E-state index contributed by atoms with van der Waals surface area (Å²) in [5.41, 5.74) is 4.61. The van der Waals surface area contributed by atoms with Gasteiger partial charge in [0, 0.05) is 30.1 Å². The monoisotopic (exact) mass is 305 g/mol. The third-order valence-electron chi connectivity index (χ3n) is 4.45. The molecule has 4 heteroatoms. The van der Waals surface area contributed by atoms with E-state index in [-0.39, 0.29) is 0 Å². The van der Waals surface area contributed by atoms with Gasteiger partial charge in [0.15, 0.2) is 6.26 Å². The number of pyridine rings is 1. The average Bonchev–Trinajstić information content (AvgIpc) is 3.12. The molecule has 4 aromatic rings. The zero-order valence-electron chi connectivity index (χ0n) is 13.5. The number of rotatable bonds is 2. The first-order valence-electron chi connectivity index (χ1n) is 7.64. The topological polar surface area (TPSA) is 25.8 Å². The van der Waals surface area contributed by atoms with E-state index in [1.165, 1.54) is 16.6 Å². The minimum atomic E-state index is 0.841. The van der Waals surface area contributed by atoms with E-state index in [9.17, 15) is 0 Å². The summed E-state index contributed by atoms with van der Waals surface area (Å²) in [6.07, 6.45) is 3.62. The van der Waals surface area contributed by atoms with Crippen molar-refractivity contribution in [3.05, 3.63) is 61.0 Å². The molecule has 0 aliphatic carbocycles. The molecule has 3 heterocycles. The Morgan fingerprint density at radius 2 is 1.74 bits per heavy atom. The van der Waals surface area contributed by atoms with Crippen molar-refractivity contribution in [3.8, 4) is 23.0 Å². The Kier molecular flexibility index (Phi) is 3.05. The lowest BCUT2D eigenvalue weighted by atomic mass is 10.2. The highest BCUT2D eigenvalue weighted by Crippen LogP contribution is 2.26. The predicted octanol–water partition coefficient (Wildman–Crippen LogP) is 2.75. The molecule has 23 heavy (non-hydrogen) atoms. The third-order valence-corrected chi connectivity index (χ3v) is 4.45. The lowest BCUT2D eigenvalue weighted by Gasteiger charge is -2.04. The highest BCUT2D eigenvalue weighted by Gasteiger charge is 2.27. The Labute approximate surface area is 134 Å². The SMILES string of the molecule is Cn1c(-c2cccc(-c3occ[n+]3C)[n+]2C)cc2ccccc21. The molecule has 0 aliphatic rings. The predicted molar refractivity (Wildman–Crippen MR) is 88.4 cm³/mol. The van der Waals surface area contributed by atoms with Crippen molar-refractivity contribution >= 4 is 10.9 Å². The molecule has 0 bridgehead atoms. The summed E-state index contributed by atoms with van der Waals surface area (Å²) in [6, 6.07) is 17.0. The number of oxazole rings is 1. The largest absolute Gasteiger partial charge is 0.446 e. The van der Waals surface area contributed by atoms with Crippen LogP contribution in [0, 0.1) is 0 Å². The first-order valence-corrected chi connectivity index (χ1v) is 7.64. The van der Waals surface area contributed by atoms with E-state index >= 15 is 0 Å². The van der Waals surface area contributed by atoms with Gasteiger partial charge in [0.1, 0.15) is 19.8 Å². The van der Waals surface area contributed by atoms with Crippen LogP contribution in [0.1, 0.15) is 0 Å². The van der Waals surface area contributed by atoms with Gasteiger partial charge in [-0.05, 0) is 18.2 Å². The number of hydrogen-bond donors (Lipinski definition) is 0. The van der Waals surface area contributed by atoms with Crippen molar-refractivity contribution in [3.63, 3.8) is 0 Å². The van der Waals surface area contributed by atoms with Gasteiger partial charge in [0.2, 0.25) is 11.9 Å². The summed E-state index contributed by atoms with van der Waals surface area (Å²) in [4.78, 5) is 0. The second kappa shape index (κ2) is 5.09. The van der Waals surface area contributed by atoms with E-state index in [1.54, 1.807) is 6.26 Å². The standard InChI is InChI=1S/C19H19N3O/c1-20-11-12-23-19(20)17-10-6-9-16(22(17)3)18-13-14-7-4-5-8-15(14)21(18)2/h4-13H,1-3H3/q+2. The minimum Gasteiger partial charge on any atom is -0.402 e. The lowest BCUT2D eigenvalue weighted by Crippen LogP contribution is -2.38. The minimum absolute atomic E-state index is 0.841. The molecule has 4 rings (SSSR count). The van der Waals surface area contributed by atoms with Gasteiger partial charge in [0.05, 0.1) is 0 Å². The number of aromatic nitrogens is 3. The third kappa shape index (κ3) is 2.06. The second-order valence-corrected chi connectivity index (χ2v) is 5.82. The second-order valence-electron chi connectivity index (χ2n) is 5.82. The maximum absolute atomic E-state index is 5.65. The first-order chi connectivity index (χ1) is 11.2. The van der Waals surface area contributed by atoms with Gasteiger partial charge < -0.3 is 8.98 Å². The molecule has 0 saturated carbocycles. The smallest absolute Gasteiger partial charge is 0.402 e. The fourth-order valence-corrected chi connectivity index (χ4v) is 3.17. The van der Waals surface area contributed by atoms with E-state index in [0.29, 0.717) is 0 Å². The molecule has 0 aliphatic heterocycles. The number of aryl methyl sites for hydroxylation is 2. The normalized spacial score (nSPS) is 11.3. The van der Waals surface area contributed by atoms with Gasteiger partial charge >= 0.3 is 11.6 Å². The Bertz CT molecular complexity index is 1010. The molecule has 114 valence electrons. The number of hydrogen-bond acceptors (Lipinski definition) is 1. The number of nitrogens with zero attached hydrogens (tertiary/aromatic N) is 3. The van der Waals surface area contributed by atoms with Gasteiger partial charge in [-0.3, -0.25) is 0 Å². The van der Waals surface area contributed by atoms with Gasteiger partial charge in [-0.1, -0.05) is 18.2 Å². The number of fused-ring (bicyclic) bond motifs is 1. The van der Waals surface area contributed by atoms with Crippen LogP contribution in [0.3, 0.4) is 0 Å². The molecule has 4 nitrogen and oxygen atoms in total. The molecular weight excluding hydrogens is 286 g/mol. The van der Waals surface area contributed by atoms with Crippen molar-refractivity contribution in [1.82, 2.24) is 4.57 Å². The zero-order valence-corrected chi connectivity index (χ0v) is 13.5. The summed E-state index contributed by atoms with van der Waals surface area (Å²) < 4.78 is 12.0. The Hall–Kier alpha value is -2.88. The van der Waals surface area contributed by atoms with Crippen LogP contribution in [0.5, 0.6) is 0 Å². The summed E-state index contributed by atoms with van der Waals surface area (Å²) in [5, 5.41) is 1.25. The summed E-state index contributed by atoms with van der Waals surface area (Å²) in [7, 11) is 6.17. The van der Waals surface area contributed by atoms with E-state index in [0.717, 1.165) is 17.3 Å². The Morgan fingerprint density at radius 3 is 2.48 bits per heavy atom. The van der Waals surface area contributed by atoms with Crippen molar-refractivity contribution in [2.75, 3.05) is 0 Å². The maximum atomic E-state index is 5.65. The summed E-state index contributed by atoms with van der Waals surface area (Å²) >= 11 is 0. The quantitative estimate of drug-likeness (QED) is 0.523. The van der Waals surface area contributed by atoms with Gasteiger partial charge in [-0.15, -0.1) is 0 Å². The van der Waals surface area contributed by atoms with Gasteiger partial charge in [-0.2, -0.15) is 9.13 Å². The molecule has 0 spiro atoms. The van der Waals surface area contributed by atoms with Crippen LogP contribution in [0.2, 0.25) is 0 Å². The van der Waals surface area contributed by atoms with E-state index < -0.39 is 0 Å². The Morgan fingerprint density at radius 1 is 0.957 bits per heavy atom. The van der Waals surface area contributed by atoms with E-state index in [4.69, 9.17) is 4.42 Å². The molecule has 0 atom stereocenters. The van der Waals surface area contributed by atoms with Crippen molar-refractivity contribution in [2.24, 2.45) is 21.1 Å². The lowest BCUT2D eigenvalue weighted by molar-refractivity contribution is -0.687. The van der Waals surface area contributed by atoms with Crippen LogP contribution in [0.15, 0.2) is 65.4 Å². The molecule has 0 saturated heterocycles. The fourth-order valence-electron chi connectivity index (χ4n) is 3.17. The van der Waals surface area contributed by atoms with Crippen LogP contribution in [-0.2, 0) is 21.1 Å². The fraction of sp³-hybridized carbons (Fsp3) is 0.158. The summed E-state index contributed by atoms with van der Waals surface area (Å²) in [6.45, 7) is 0. The average molecular weight is 305 g/mol. The first kappa shape index (κ1) is 13.8. The Balaban J connectivity index is 1.96. The number of para-hydroxylation sites is 1. The maximum Gasteiger partial charge on any atom is 0.446 e. The van der Waals surface area contributed by atoms with Crippen LogP contribution in [0.4, 0.5) is 0 Å². The van der Waals surface area contributed by atoms with Crippen LogP contribution >= 0.6 is 0 Å². The van der Waals surface area contributed by atoms with Crippen molar-refractivity contribution in [2.45, 2.75) is 0 Å². The van der Waals surface area contributed by atoms with Gasteiger partial charge in [-0.25, -0.2) is 0 Å². The molecule has 0 unspecified atom stereocenters. The van der Waals surface area contributed by atoms with Crippen molar-refractivity contribution in [1.29, 1.82) is 0 Å². The molecule has 3 aromatic heterocycles. The molecule has 0 fully saturated rings. The van der Waals surface area contributed by atoms with Gasteiger partial charge in [0.25, 0.3) is 0 Å². The summed E-state index contributed by atoms with van der Waals surface area (Å²) in [5.74, 6) is 0.841. The molecule has 0 radical (unpaired) electrons. The highest BCUT2D eigenvalue weighted by molar-refractivity contribution is 5.85. The van der Waals surface area contributed by atoms with E-state index in [2.05, 4.69) is 71.8 Å². The van der Waals surface area contributed by atoms with Crippen molar-refractivity contribution < 1.29 is 13.6 Å². The highest BCUT2D eigenvalue weighted by atomic mass is 16.3. The van der Waals surface area contributed by atoms with E-state index in [1.807, 2.05) is 17.8 Å². The van der Waals surface area contributed by atoms with Crippen LogP contribution < -0.4 is 9.13 Å². The molecule has 0 amide bonds. The molecule has 0 N–H and O–H groups in total. The van der Waals surface area contributed by atoms with Crippen LogP contribution in [0.25, 0.3) is 33.9 Å². The molecule has 1 aromatic carbocycles. The van der Waals surface area contributed by atoms with Crippen LogP contribution in [-0.4, -0.2) is 4.57 Å².